The van der Waals surface area contributed by atoms with Crippen LogP contribution in [0.15, 0.2) is 18.3 Å². The van der Waals surface area contributed by atoms with E-state index in [4.69, 9.17) is 0 Å². The van der Waals surface area contributed by atoms with E-state index >= 15 is 0 Å². The van der Waals surface area contributed by atoms with Gasteiger partial charge in [0.15, 0.2) is 5.69 Å². The van der Waals surface area contributed by atoms with Crippen molar-refractivity contribution >= 4 is 17.8 Å². The minimum Gasteiger partial charge on any atom is -0.323 e. The Bertz CT molecular complexity index is 569. The maximum absolute atomic E-state index is 12.5. The first-order valence-corrected chi connectivity index (χ1v) is 5.40. The van der Waals surface area contributed by atoms with Gasteiger partial charge in [-0.05, 0) is 12.1 Å². The van der Waals surface area contributed by atoms with Crippen LogP contribution in [-0.4, -0.2) is 27.8 Å². The van der Waals surface area contributed by atoms with Crippen molar-refractivity contribution in [3.63, 3.8) is 0 Å². The number of imide groups is 1. The molecule has 2 rings (SSSR count). The van der Waals surface area contributed by atoms with Crippen molar-refractivity contribution in [3.05, 3.63) is 29.6 Å². The number of halogens is 3. The van der Waals surface area contributed by atoms with Gasteiger partial charge >= 0.3 is 12.1 Å². The zero-order valence-electron chi connectivity index (χ0n) is 9.81. The molecule has 1 aromatic heterocycles. The number of hydrogen-bond acceptors (Lipinski definition) is 5. The van der Waals surface area contributed by atoms with Gasteiger partial charge in [-0.1, -0.05) is 0 Å². The maximum Gasteiger partial charge on any atom is 0.416 e. The van der Waals surface area contributed by atoms with Crippen LogP contribution in [0, 0.1) is 0 Å². The molecule has 1 fully saturated rings. The van der Waals surface area contributed by atoms with E-state index in [-0.39, 0.29) is 17.9 Å². The van der Waals surface area contributed by atoms with Gasteiger partial charge in [0.05, 0.1) is 5.56 Å². The molecule has 0 spiro atoms. The fraction of sp³-hybridized carbons (Fsp3) is 0.273. The van der Waals surface area contributed by atoms with Crippen molar-refractivity contribution in [1.29, 1.82) is 0 Å². The number of amides is 2. The number of alkyl halides is 3. The fourth-order valence-electron chi connectivity index (χ4n) is 1.51. The Labute approximate surface area is 110 Å². The van der Waals surface area contributed by atoms with Crippen molar-refractivity contribution in [1.82, 2.24) is 10.0 Å². The summed E-state index contributed by atoms with van der Waals surface area (Å²) in [5.74, 6) is -2.76. The second kappa shape index (κ2) is 4.91. The number of nitrogens with zero attached hydrogens (tertiary/aromatic N) is 2. The molecule has 0 aliphatic carbocycles. The Kier molecular flexibility index (Phi) is 3.43. The third kappa shape index (κ3) is 2.76. The third-order valence-electron chi connectivity index (χ3n) is 2.48. The summed E-state index contributed by atoms with van der Waals surface area (Å²) in [4.78, 5) is 41.9. The maximum atomic E-state index is 12.5. The lowest BCUT2D eigenvalue weighted by atomic mass is 10.2. The Morgan fingerprint density at radius 2 is 1.85 bits per heavy atom. The average molecular weight is 288 g/mol. The van der Waals surface area contributed by atoms with Crippen LogP contribution in [-0.2, 0) is 20.6 Å². The van der Waals surface area contributed by atoms with Crippen molar-refractivity contribution in [2.45, 2.75) is 19.0 Å². The van der Waals surface area contributed by atoms with Gasteiger partial charge in [0.1, 0.15) is 0 Å². The molecule has 0 atom stereocenters. The molecule has 1 aromatic rings. The molecule has 2 amide bonds. The second-order valence-electron chi connectivity index (χ2n) is 3.89. The molecule has 1 saturated heterocycles. The van der Waals surface area contributed by atoms with Gasteiger partial charge in [-0.25, -0.2) is 9.78 Å². The molecule has 0 saturated carbocycles. The Balaban J connectivity index is 2.18. The lowest BCUT2D eigenvalue weighted by molar-refractivity contribution is -0.172. The first-order chi connectivity index (χ1) is 9.29. The highest BCUT2D eigenvalue weighted by atomic mass is 19.4. The highest BCUT2D eigenvalue weighted by Gasteiger charge is 2.35. The van der Waals surface area contributed by atoms with E-state index in [1.54, 1.807) is 0 Å². The van der Waals surface area contributed by atoms with Gasteiger partial charge in [-0.15, -0.1) is 5.06 Å². The largest absolute Gasteiger partial charge is 0.416 e. The van der Waals surface area contributed by atoms with Gasteiger partial charge < -0.3 is 4.84 Å². The van der Waals surface area contributed by atoms with Gasteiger partial charge in [0, 0.05) is 19.0 Å². The molecule has 1 aliphatic rings. The zero-order chi connectivity index (χ0) is 14.9. The molecular formula is C11H7F3N2O4. The van der Waals surface area contributed by atoms with Crippen LogP contribution >= 0.6 is 0 Å². The molecule has 0 aromatic carbocycles. The summed E-state index contributed by atoms with van der Waals surface area (Å²) < 4.78 is 37.4. The molecule has 9 heteroatoms. The molecule has 20 heavy (non-hydrogen) atoms. The third-order valence-corrected chi connectivity index (χ3v) is 2.48. The van der Waals surface area contributed by atoms with E-state index in [1.165, 1.54) is 0 Å². The number of carbonyl (C=O) groups is 3. The normalized spacial score (nSPS) is 15.7. The number of aromatic nitrogens is 1. The van der Waals surface area contributed by atoms with E-state index in [0.29, 0.717) is 12.1 Å². The van der Waals surface area contributed by atoms with Crippen LogP contribution in [0.1, 0.15) is 28.9 Å². The topological polar surface area (TPSA) is 76.6 Å². The summed E-state index contributed by atoms with van der Waals surface area (Å²) in [5, 5.41) is 0.240. The van der Waals surface area contributed by atoms with Gasteiger partial charge in [-0.3, -0.25) is 9.59 Å². The lowest BCUT2D eigenvalue weighted by Crippen LogP contribution is -2.32. The Morgan fingerprint density at radius 3 is 2.40 bits per heavy atom. The SMILES string of the molecule is O=C(ON1C(=O)CCC1=O)c1cc(C(F)(F)F)ccn1. The summed E-state index contributed by atoms with van der Waals surface area (Å²) in [6, 6.07) is 1.16. The molecule has 6 nitrogen and oxygen atoms in total. The van der Waals surface area contributed by atoms with E-state index in [9.17, 15) is 27.6 Å². The lowest BCUT2D eigenvalue weighted by Gasteiger charge is -2.12. The van der Waals surface area contributed by atoms with Crippen LogP contribution < -0.4 is 0 Å². The summed E-state index contributed by atoms with van der Waals surface area (Å²) in [7, 11) is 0. The van der Waals surface area contributed by atoms with Gasteiger partial charge in [0.25, 0.3) is 11.8 Å². The van der Waals surface area contributed by atoms with Crippen LogP contribution in [0.25, 0.3) is 0 Å². The standard InChI is InChI=1S/C11H7F3N2O4/c12-11(13,14)6-3-4-15-7(5-6)10(19)20-16-8(17)1-2-9(16)18/h3-5H,1-2H2. The monoisotopic (exact) mass is 288 g/mol. The van der Waals surface area contributed by atoms with Crippen molar-refractivity contribution in [3.8, 4) is 0 Å². The Hall–Kier alpha value is -2.45. The molecule has 0 radical (unpaired) electrons. The predicted molar refractivity (Wildman–Crippen MR) is 55.7 cm³/mol. The van der Waals surface area contributed by atoms with Crippen molar-refractivity contribution in [2.75, 3.05) is 0 Å². The molecule has 1 aliphatic heterocycles. The van der Waals surface area contributed by atoms with Gasteiger partial charge in [0.2, 0.25) is 0 Å². The fourth-order valence-corrected chi connectivity index (χ4v) is 1.51. The zero-order valence-corrected chi connectivity index (χ0v) is 9.81. The van der Waals surface area contributed by atoms with Crippen molar-refractivity contribution in [2.24, 2.45) is 0 Å². The van der Waals surface area contributed by atoms with E-state index in [1.807, 2.05) is 0 Å². The van der Waals surface area contributed by atoms with Gasteiger partial charge in [-0.2, -0.15) is 13.2 Å². The summed E-state index contributed by atoms with van der Waals surface area (Å²) in [5.41, 5.74) is -1.73. The number of pyridine rings is 1. The van der Waals surface area contributed by atoms with Crippen LogP contribution in [0.3, 0.4) is 0 Å². The van der Waals surface area contributed by atoms with Crippen LogP contribution in [0.2, 0.25) is 0 Å². The summed E-state index contributed by atoms with van der Waals surface area (Å²) in [6.45, 7) is 0. The Morgan fingerprint density at radius 1 is 1.25 bits per heavy atom. The number of hydroxylamine groups is 2. The first kappa shape index (κ1) is 14.0. The van der Waals surface area contributed by atoms with Crippen molar-refractivity contribution < 1.29 is 32.4 Å². The highest BCUT2D eigenvalue weighted by molar-refractivity contribution is 6.02. The smallest absolute Gasteiger partial charge is 0.323 e. The van der Waals surface area contributed by atoms with E-state index in [2.05, 4.69) is 9.82 Å². The highest BCUT2D eigenvalue weighted by Crippen LogP contribution is 2.29. The predicted octanol–water partition coefficient (Wildman–Crippen LogP) is 1.32. The average Bonchev–Trinajstić information content (AvgIpc) is 2.69. The van der Waals surface area contributed by atoms with E-state index < -0.39 is 35.2 Å². The van der Waals surface area contributed by atoms with Crippen LogP contribution in [0.5, 0.6) is 0 Å². The number of rotatable bonds is 2. The number of carbonyl (C=O) groups excluding carboxylic acids is 3. The molecule has 0 bridgehead atoms. The molecular weight excluding hydrogens is 281 g/mol. The summed E-state index contributed by atoms with van der Waals surface area (Å²) in [6.07, 6.45) is -4.07. The first-order valence-electron chi connectivity index (χ1n) is 5.40. The number of hydrogen-bond donors (Lipinski definition) is 0. The molecule has 106 valence electrons. The second-order valence-corrected chi connectivity index (χ2v) is 3.89. The van der Waals surface area contributed by atoms with Crippen LogP contribution in [0.4, 0.5) is 13.2 Å². The summed E-state index contributed by atoms with van der Waals surface area (Å²) >= 11 is 0. The molecule has 0 N–H and O–H groups in total. The molecule has 0 unspecified atom stereocenters. The quantitative estimate of drug-likeness (QED) is 0.767. The minimum atomic E-state index is -4.64. The molecule has 2 heterocycles. The minimum absolute atomic E-state index is 0.109. The van der Waals surface area contributed by atoms with E-state index in [0.717, 1.165) is 6.20 Å².